The van der Waals surface area contributed by atoms with Crippen LogP contribution in [0.5, 0.6) is 0 Å². The van der Waals surface area contributed by atoms with Crippen molar-refractivity contribution in [3.05, 3.63) is 34.9 Å². The average Bonchev–Trinajstić information content (AvgIpc) is 2.40. The highest BCUT2D eigenvalue weighted by atomic mass is 16.5. The fourth-order valence-corrected chi connectivity index (χ4v) is 1.94. The van der Waals surface area contributed by atoms with Crippen molar-refractivity contribution in [3.63, 3.8) is 0 Å². The molecule has 0 bridgehead atoms. The van der Waals surface area contributed by atoms with Gasteiger partial charge in [0, 0.05) is 6.54 Å². The van der Waals surface area contributed by atoms with Gasteiger partial charge in [-0.1, -0.05) is 18.2 Å². The quantitative estimate of drug-likeness (QED) is 0.749. The molecular weight excluding hydrogens is 254 g/mol. The smallest absolute Gasteiger partial charge is 0.325 e. The third-order valence-corrected chi connectivity index (χ3v) is 3.29. The Kier molecular flexibility index (Phi) is 6.22. The number of esters is 1. The van der Waals surface area contributed by atoms with Crippen molar-refractivity contribution in [1.29, 1.82) is 0 Å². The standard InChI is InChI=1S/C16H23NO3/c1-5-17(11-16(19)20-6-2)15(18)10-14-8-7-12(3)13(4)9-14/h7-9H,5-6,10-11H2,1-4H3. The van der Waals surface area contributed by atoms with Gasteiger partial charge in [-0.25, -0.2) is 0 Å². The summed E-state index contributed by atoms with van der Waals surface area (Å²) in [4.78, 5) is 25.2. The van der Waals surface area contributed by atoms with E-state index in [1.165, 1.54) is 16.0 Å². The normalized spacial score (nSPS) is 10.2. The molecule has 4 nitrogen and oxygen atoms in total. The minimum Gasteiger partial charge on any atom is -0.465 e. The van der Waals surface area contributed by atoms with Gasteiger partial charge in [-0.3, -0.25) is 9.59 Å². The third-order valence-electron chi connectivity index (χ3n) is 3.29. The summed E-state index contributed by atoms with van der Waals surface area (Å²) in [5.41, 5.74) is 3.35. The van der Waals surface area contributed by atoms with Gasteiger partial charge in [0.1, 0.15) is 6.54 Å². The minimum absolute atomic E-state index is 0.0218. The van der Waals surface area contributed by atoms with Crippen LogP contribution in [0.3, 0.4) is 0 Å². The van der Waals surface area contributed by atoms with Crippen molar-refractivity contribution in [1.82, 2.24) is 4.90 Å². The number of aryl methyl sites for hydroxylation is 2. The van der Waals surface area contributed by atoms with Crippen LogP contribution in [0.4, 0.5) is 0 Å². The first-order chi connectivity index (χ1) is 9.47. The van der Waals surface area contributed by atoms with Gasteiger partial charge in [0.25, 0.3) is 0 Å². The maximum atomic E-state index is 12.2. The zero-order valence-electron chi connectivity index (χ0n) is 12.7. The van der Waals surface area contributed by atoms with Crippen molar-refractivity contribution in [2.24, 2.45) is 0 Å². The Bertz CT molecular complexity index is 483. The van der Waals surface area contributed by atoms with E-state index in [0.29, 0.717) is 19.6 Å². The fourth-order valence-electron chi connectivity index (χ4n) is 1.94. The number of amides is 1. The van der Waals surface area contributed by atoms with Crippen LogP contribution >= 0.6 is 0 Å². The molecule has 1 aromatic rings. The van der Waals surface area contributed by atoms with Crippen molar-refractivity contribution >= 4 is 11.9 Å². The first-order valence-corrected chi connectivity index (χ1v) is 6.97. The predicted octanol–water partition coefficient (Wildman–Crippen LogP) is 2.26. The van der Waals surface area contributed by atoms with E-state index in [-0.39, 0.29) is 18.4 Å². The number of carbonyl (C=O) groups is 2. The first kappa shape index (κ1) is 16.2. The molecule has 0 spiro atoms. The van der Waals surface area contributed by atoms with E-state index in [1.807, 2.05) is 39.0 Å². The zero-order valence-corrected chi connectivity index (χ0v) is 12.7. The molecule has 0 aliphatic heterocycles. The van der Waals surface area contributed by atoms with E-state index >= 15 is 0 Å². The van der Waals surface area contributed by atoms with Gasteiger partial charge in [0.15, 0.2) is 0 Å². The molecule has 0 N–H and O–H groups in total. The van der Waals surface area contributed by atoms with Gasteiger partial charge in [0.2, 0.25) is 5.91 Å². The highest BCUT2D eigenvalue weighted by molar-refractivity contribution is 5.83. The summed E-state index contributed by atoms with van der Waals surface area (Å²) >= 11 is 0. The summed E-state index contributed by atoms with van der Waals surface area (Å²) < 4.78 is 4.88. The van der Waals surface area contributed by atoms with E-state index in [0.717, 1.165) is 5.56 Å². The van der Waals surface area contributed by atoms with Crippen molar-refractivity contribution < 1.29 is 14.3 Å². The Morgan fingerprint density at radius 3 is 2.40 bits per heavy atom. The molecule has 0 fully saturated rings. The molecule has 0 unspecified atom stereocenters. The summed E-state index contributed by atoms with van der Waals surface area (Å²) in [5.74, 6) is -0.411. The number of hydrogen-bond donors (Lipinski definition) is 0. The molecule has 0 aliphatic carbocycles. The van der Waals surface area contributed by atoms with Gasteiger partial charge in [-0.2, -0.15) is 0 Å². The molecule has 1 rings (SSSR count). The number of nitrogens with zero attached hydrogens (tertiary/aromatic N) is 1. The molecule has 0 aliphatic rings. The lowest BCUT2D eigenvalue weighted by Crippen LogP contribution is -2.37. The van der Waals surface area contributed by atoms with Crippen molar-refractivity contribution in [2.75, 3.05) is 19.7 Å². The lowest BCUT2D eigenvalue weighted by atomic mass is 10.0. The molecule has 0 radical (unpaired) electrons. The molecule has 0 saturated heterocycles. The van der Waals surface area contributed by atoms with Crippen LogP contribution in [-0.2, 0) is 20.7 Å². The van der Waals surface area contributed by atoms with Crippen LogP contribution in [0.2, 0.25) is 0 Å². The van der Waals surface area contributed by atoms with E-state index in [9.17, 15) is 9.59 Å². The van der Waals surface area contributed by atoms with Crippen molar-refractivity contribution in [3.8, 4) is 0 Å². The van der Waals surface area contributed by atoms with Crippen LogP contribution in [0.15, 0.2) is 18.2 Å². The summed E-state index contributed by atoms with van der Waals surface area (Å²) in [6, 6.07) is 5.99. The predicted molar refractivity (Wildman–Crippen MR) is 78.5 cm³/mol. The van der Waals surface area contributed by atoms with Gasteiger partial charge in [-0.05, 0) is 44.4 Å². The molecule has 110 valence electrons. The van der Waals surface area contributed by atoms with Crippen LogP contribution in [0.25, 0.3) is 0 Å². The SMILES string of the molecule is CCOC(=O)CN(CC)C(=O)Cc1ccc(C)c(C)c1. The number of carbonyl (C=O) groups excluding carboxylic acids is 2. The van der Waals surface area contributed by atoms with Gasteiger partial charge in [-0.15, -0.1) is 0 Å². The Balaban J connectivity index is 2.67. The summed E-state index contributed by atoms with van der Waals surface area (Å²) in [6.45, 7) is 8.54. The number of benzene rings is 1. The molecule has 1 aromatic carbocycles. The highest BCUT2D eigenvalue weighted by Gasteiger charge is 2.16. The lowest BCUT2D eigenvalue weighted by Gasteiger charge is -2.20. The van der Waals surface area contributed by atoms with Crippen LogP contribution in [-0.4, -0.2) is 36.5 Å². The van der Waals surface area contributed by atoms with E-state index in [4.69, 9.17) is 4.74 Å². The summed E-state index contributed by atoms with van der Waals surface area (Å²) in [5, 5.41) is 0. The Morgan fingerprint density at radius 1 is 1.15 bits per heavy atom. The molecule has 0 aromatic heterocycles. The molecule has 0 heterocycles. The van der Waals surface area contributed by atoms with E-state index in [2.05, 4.69) is 0 Å². The molecule has 4 heteroatoms. The highest BCUT2D eigenvalue weighted by Crippen LogP contribution is 2.11. The lowest BCUT2D eigenvalue weighted by molar-refractivity contribution is -0.148. The maximum absolute atomic E-state index is 12.2. The first-order valence-electron chi connectivity index (χ1n) is 6.97. The minimum atomic E-state index is -0.359. The van der Waals surface area contributed by atoms with E-state index < -0.39 is 0 Å². The van der Waals surface area contributed by atoms with E-state index in [1.54, 1.807) is 6.92 Å². The van der Waals surface area contributed by atoms with Crippen molar-refractivity contribution in [2.45, 2.75) is 34.1 Å². The molecule has 20 heavy (non-hydrogen) atoms. The van der Waals surface area contributed by atoms with Gasteiger partial charge in [0.05, 0.1) is 13.0 Å². The Labute approximate surface area is 120 Å². The summed E-state index contributed by atoms with van der Waals surface area (Å²) in [6.07, 6.45) is 0.314. The number of ether oxygens (including phenoxy) is 1. The molecule has 0 atom stereocenters. The monoisotopic (exact) mass is 277 g/mol. The van der Waals surface area contributed by atoms with Gasteiger partial charge < -0.3 is 9.64 Å². The number of hydrogen-bond acceptors (Lipinski definition) is 3. The molecular formula is C16H23NO3. The average molecular weight is 277 g/mol. The largest absolute Gasteiger partial charge is 0.465 e. The maximum Gasteiger partial charge on any atom is 0.325 e. The fraction of sp³-hybridized carbons (Fsp3) is 0.500. The summed E-state index contributed by atoms with van der Waals surface area (Å²) in [7, 11) is 0. The second-order valence-corrected chi connectivity index (χ2v) is 4.81. The van der Waals surface area contributed by atoms with Crippen LogP contribution in [0, 0.1) is 13.8 Å². The molecule has 1 amide bonds. The zero-order chi connectivity index (χ0) is 15.1. The Hall–Kier alpha value is -1.84. The Morgan fingerprint density at radius 2 is 1.85 bits per heavy atom. The number of rotatable bonds is 6. The second-order valence-electron chi connectivity index (χ2n) is 4.81. The van der Waals surface area contributed by atoms with Gasteiger partial charge >= 0.3 is 5.97 Å². The third kappa shape index (κ3) is 4.68. The number of likely N-dealkylation sites (N-methyl/N-ethyl adjacent to an activating group) is 1. The second kappa shape index (κ2) is 7.68. The van der Waals surface area contributed by atoms with Crippen LogP contribution < -0.4 is 0 Å². The van der Waals surface area contributed by atoms with Crippen LogP contribution in [0.1, 0.15) is 30.5 Å². The topological polar surface area (TPSA) is 46.6 Å². The molecule has 0 saturated carbocycles.